The summed E-state index contributed by atoms with van der Waals surface area (Å²) < 4.78 is 32.6. The Morgan fingerprint density at radius 3 is 2.81 bits per heavy atom. The van der Waals surface area contributed by atoms with Crippen molar-refractivity contribution in [2.45, 2.75) is 62.6 Å². The normalized spacial score (nSPS) is 17.5. The molecule has 0 amide bonds. The molecule has 1 aromatic heterocycles. The van der Waals surface area contributed by atoms with E-state index in [1.54, 1.807) is 11.6 Å². The molecule has 1 aliphatic rings. The largest absolute Gasteiger partial charge is 0.494 e. The van der Waals surface area contributed by atoms with E-state index in [9.17, 15) is 13.7 Å². The fraction of sp³-hybridized carbons (Fsp3) is 0.429. The van der Waals surface area contributed by atoms with Crippen LogP contribution in [0.1, 0.15) is 54.9 Å². The van der Waals surface area contributed by atoms with Gasteiger partial charge in [-0.2, -0.15) is 5.26 Å². The van der Waals surface area contributed by atoms with E-state index in [0.717, 1.165) is 30.6 Å². The van der Waals surface area contributed by atoms with Gasteiger partial charge in [0, 0.05) is 31.2 Å². The maximum atomic E-state index is 12.5. The summed E-state index contributed by atoms with van der Waals surface area (Å²) in [6.07, 6.45) is 6.28. The van der Waals surface area contributed by atoms with E-state index in [1.807, 2.05) is 24.3 Å². The molecule has 0 radical (unpaired) electrons. The minimum Gasteiger partial charge on any atom is -0.494 e. The van der Waals surface area contributed by atoms with Crippen LogP contribution in [0.15, 0.2) is 60.0 Å². The van der Waals surface area contributed by atoms with E-state index in [-0.39, 0.29) is 16.7 Å². The van der Waals surface area contributed by atoms with E-state index >= 15 is 0 Å². The maximum Gasteiger partial charge on any atom is 0.197 e. The van der Waals surface area contributed by atoms with Gasteiger partial charge in [0.2, 0.25) is 0 Å². The van der Waals surface area contributed by atoms with E-state index in [1.165, 1.54) is 23.7 Å². The van der Waals surface area contributed by atoms with Crippen LogP contribution in [0.3, 0.4) is 0 Å². The zero-order valence-electron chi connectivity index (χ0n) is 21.1. The van der Waals surface area contributed by atoms with Crippen molar-refractivity contribution in [2.24, 2.45) is 7.05 Å². The number of fused-ring (bicyclic) bond motifs is 1. The molecule has 2 unspecified atom stereocenters. The molecule has 4 rings (SSSR count). The summed E-state index contributed by atoms with van der Waals surface area (Å²) in [7, 11) is -1.67. The molecule has 36 heavy (non-hydrogen) atoms. The van der Waals surface area contributed by atoms with Crippen LogP contribution in [0.5, 0.6) is 5.75 Å². The summed E-state index contributed by atoms with van der Waals surface area (Å²) in [5.74, 6) is 0.996. The van der Waals surface area contributed by atoms with Gasteiger partial charge in [0.15, 0.2) is 14.9 Å². The predicted octanol–water partition coefficient (Wildman–Crippen LogP) is 4.17. The first kappa shape index (κ1) is 25.9. The minimum absolute atomic E-state index is 0.00675. The summed E-state index contributed by atoms with van der Waals surface area (Å²) in [6, 6.07) is 17.0. The number of ether oxygens (including phenoxy) is 1. The highest BCUT2D eigenvalue weighted by Gasteiger charge is 2.30. The van der Waals surface area contributed by atoms with Crippen LogP contribution >= 0.6 is 0 Å². The number of benzene rings is 2. The molecule has 0 bridgehead atoms. The van der Waals surface area contributed by atoms with Crippen molar-refractivity contribution in [1.29, 1.82) is 5.26 Å². The number of nitrogens with zero attached hydrogens (tertiary/aromatic N) is 3. The molecule has 2 aromatic carbocycles. The van der Waals surface area contributed by atoms with Crippen LogP contribution < -0.4 is 10.1 Å². The average Bonchev–Trinajstić information content (AvgIpc) is 3.30. The minimum atomic E-state index is -3.42. The van der Waals surface area contributed by atoms with Crippen molar-refractivity contribution < 1.29 is 13.2 Å². The summed E-state index contributed by atoms with van der Waals surface area (Å²) in [5.41, 5.74) is 4.41. The highest BCUT2D eigenvalue weighted by Crippen LogP contribution is 2.37. The molecular formula is C28H34N4O3S. The summed E-state index contributed by atoms with van der Waals surface area (Å²) in [6.45, 7) is 4.65. The van der Waals surface area contributed by atoms with Crippen LogP contribution in [-0.2, 0) is 29.7 Å². The van der Waals surface area contributed by atoms with Gasteiger partial charge in [0.1, 0.15) is 5.75 Å². The Balaban J connectivity index is 1.48. The molecule has 1 N–H and O–H groups in total. The smallest absolute Gasteiger partial charge is 0.197 e. The molecule has 0 aliphatic heterocycles. The standard InChI is InChI=1S/C28H34N4O3S/c1-20(2)31-27-11-9-23-8-10-24(35-12-5-13-36(33,34)28-18-32(3)19-30-28)16-25(23)26(27)15-21-6-4-7-22(14-21)17-29/h4,6-8,10,14,16,18-20,26-27,31H,5,9,11-13,15H2,1-3H3. The Hall–Kier alpha value is -3.15. The number of nitriles is 1. The van der Waals surface area contributed by atoms with Gasteiger partial charge in [-0.15, -0.1) is 0 Å². The van der Waals surface area contributed by atoms with E-state index in [0.29, 0.717) is 30.7 Å². The Kier molecular flexibility index (Phi) is 8.12. The van der Waals surface area contributed by atoms with Gasteiger partial charge in [0.25, 0.3) is 0 Å². The van der Waals surface area contributed by atoms with E-state index in [2.05, 4.69) is 48.4 Å². The van der Waals surface area contributed by atoms with Gasteiger partial charge in [-0.25, -0.2) is 13.4 Å². The molecule has 0 saturated carbocycles. The maximum absolute atomic E-state index is 12.5. The molecular weight excluding hydrogens is 472 g/mol. The number of hydrogen-bond acceptors (Lipinski definition) is 6. The first-order chi connectivity index (χ1) is 17.2. The number of aromatic nitrogens is 2. The van der Waals surface area contributed by atoms with Gasteiger partial charge < -0.3 is 14.6 Å². The zero-order valence-corrected chi connectivity index (χ0v) is 22.0. The third-order valence-corrected chi connectivity index (χ3v) is 8.29. The van der Waals surface area contributed by atoms with Gasteiger partial charge in [-0.1, -0.05) is 32.0 Å². The molecule has 0 spiro atoms. The second-order valence-electron chi connectivity index (χ2n) is 9.85. The molecule has 3 aromatic rings. The Morgan fingerprint density at radius 2 is 2.08 bits per heavy atom. The van der Waals surface area contributed by atoms with Gasteiger partial charge in [-0.05, 0) is 66.6 Å². The number of hydrogen-bond donors (Lipinski definition) is 1. The molecule has 8 heteroatoms. The topological polar surface area (TPSA) is 97.0 Å². The fourth-order valence-corrected chi connectivity index (χ4v) is 6.20. The Labute approximate surface area is 214 Å². The second kappa shape index (κ2) is 11.3. The lowest BCUT2D eigenvalue weighted by Crippen LogP contribution is -2.42. The van der Waals surface area contributed by atoms with Gasteiger partial charge in [-0.3, -0.25) is 0 Å². The van der Waals surface area contributed by atoms with Crippen molar-refractivity contribution >= 4 is 9.84 Å². The van der Waals surface area contributed by atoms with E-state index < -0.39 is 9.84 Å². The molecule has 1 heterocycles. The molecule has 0 fully saturated rings. The highest BCUT2D eigenvalue weighted by molar-refractivity contribution is 7.91. The molecule has 1 aliphatic carbocycles. The predicted molar refractivity (Wildman–Crippen MR) is 140 cm³/mol. The van der Waals surface area contributed by atoms with Crippen LogP contribution in [-0.4, -0.2) is 42.4 Å². The third-order valence-electron chi connectivity index (χ3n) is 6.61. The lowest BCUT2D eigenvalue weighted by Gasteiger charge is -2.36. The molecule has 7 nitrogen and oxygen atoms in total. The Bertz CT molecular complexity index is 1340. The van der Waals surface area contributed by atoms with Crippen molar-refractivity contribution in [3.8, 4) is 11.8 Å². The Morgan fingerprint density at radius 1 is 1.25 bits per heavy atom. The average molecular weight is 507 g/mol. The van der Waals surface area contributed by atoms with Gasteiger partial charge in [0.05, 0.1) is 30.3 Å². The number of nitrogens with one attached hydrogen (secondary N) is 1. The number of imidazole rings is 1. The number of aryl methyl sites for hydroxylation is 2. The molecule has 0 saturated heterocycles. The fourth-order valence-electron chi connectivity index (χ4n) is 4.96. The first-order valence-corrected chi connectivity index (χ1v) is 14.1. The van der Waals surface area contributed by atoms with Crippen molar-refractivity contribution in [1.82, 2.24) is 14.9 Å². The van der Waals surface area contributed by atoms with Crippen LogP contribution in [0.4, 0.5) is 0 Å². The van der Waals surface area contributed by atoms with Crippen molar-refractivity contribution in [3.63, 3.8) is 0 Å². The van der Waals surface area contributed by atoms with Crippen LogP contribution in [0.2, 0.25) is 0 Å². The molecule has 190 valence electrons. The quantitative estimate of drug-likeness (QED) is 0.415. The number of rotatable bonds is 10. The van der Waals surface area contributed by atoms with Crippen molar-refractivity contribution in [3.05, 3.63) is 77.2 Å². The lowest BCUT2D eigenvalue weighted by molar-refractivity contribution is 0.314. The van der Waals surface area contributed by atoms with Crippen LogP contribution in [0.25, 0.3) is 0 Å². The summed E-state index contributed by atoms with van der Waals surface area (Å²) >= 11 is 0. The molecule has 2 atom stereocenters. The monoisotopic (exact) mass is 506 g/mol. The first-order valence-electron chi connectivity index (χ1n) is 12.5. The second-order valence-corrected chi connectivity index (χ2v) is 11.9. The summed E-state index contributed by atoms with van der Waals surface area (Å²) in [4.78, 5) is 3.96. The zero-order chi connectivity index (χ0) is 25.7. The van der Waals surface area contributed by atoms with Crippen molar-refractivity contribution in [2.75, 3.05) is 12.4 Å². The van der Waals surface area contributed by atoms with Gasteiger partial charge >= 0.3 is 0 Å². The lowest BCUT2D eigenvalue weighted by atomic mass is 9.76. The van der Waals surface area contributed by atoms with E-state index in [4.69, 9.17) is 4.74 Å². The number of sulfone groups is 1. The van der Waals surface area contributed by atoms with Crippen LogP contribution in [0, 0.1) is 11.3 Å². The SMILES string of the molecule is CC(C)NC1CCc2ccc(OCCCS(=O)(=O)c3cn(C)cn3)cc2C1Cc1cccc(C#N)c1. The third kappa shape index (κ3) is 6.34. The summed E-state index contributed by atoms with van der Waals surface area (Å²) in [5, 5.41) is 13.2. The highest BCUT2D eigenvalue weighted by atomic mass is 32.2.